The zero-order valence-electron chi connectivity index (χ0n) is 10.3. The summed E-state index contributed by atoms with van der Waals surface area (Å²) < 4.78 is 10.7. The Bertz CT molecular complexity index is 345. The van der Waals surface area contributed by atoms with Gasteiger partial charge in [-0.05, 0) is 24.5 Å². The Kier molecular flexibility index (Phi) is 4.40. The molecule has 0 saturated carbocycles. The quantitative estimate of drug-likeness (QED) is 0.869. The van der Waals surface area contributed by atoms with E-state index in [-0.39, 0.29) is 12.0 Å². The maximum Gasteiger partial charge on any atom is 0.122 e. The number of para-hydroxylation sites is 1. The zero-order chi connectivity index (χ0) is 12.1. The van der Waals surface area contributed by atoms with Crippen molar-refractivity contribution >= 4 is 0 Å². The second-order valence-electron chi connectivity index (χ2n) is 4.56. The smallest absolute Gasteiger partial charge is 0.122 e. The fraction of sp³-hybridized carbons (Fsp3) is 0.571. The molecule has 1 N–H and O–H groups in total. The van der Waals surface area contributed by atoms with Crippen LogP contribution >= 0.6 is 0 Å². The van der Waals surface area contributed by atoms with E-state index in [1.54, 1.807) is 7.11 Å². The van der Waals surface area contributed by atoms with Crippen molar-refractivity contribution in [1.29, 1.82) is 0 Å². The molecule has 0 bridgehead atoms. The summed E-state index contributed by atoms with van der Waals surface area (Å²) in [7, 11) is 1.66. The number of methoxy groups -OCH3 is 1. The summed E-state index contributed by atoms with van der Waals surface area (Å²) in [5.74, 6) is 1.11. The number of aliphatic hydroxyl groups is 1. The van der Waals surface area contributed by atoms with Gasteiger partial charge in [0.1, 0.15) is 5.75 Å². The highest BCUT2D eigenvalue weighted by Gasteiger charge is 2.23. The van der Waals surface area contributed by atoms with E-state index in [0.29, 0.717) is 13.0 Å². The highest BCUT2D eigenvalue weighted by molar-refractivity contribution is 5.33. The third-order valence-corrected chi connectivity index (χ3v) is 3.36. The van der Waals surface area contributed by atoms with E-state index < -0.39 is 0 Å². The van der Waals surface area contributed by atoms with E-state index in [1.807, 2.05) is 24.3 Å². The van der Waals surface area contributed by atoms with Gasteiger partial charge >= 0.3 is 0 Å². The van der Waals surface area contributed by atoms with Crippen molar-refractivity contribution in [2.45, 2.75) is 25.4 Å². The van der Waals surface area contributed by atoms with Crippen LogP contribution in [0.5, 0.6) is 5.75 Å². The predicted octanol–water partition coefficient (Wildman–Crippen LogP) is 2.03. The summed E-state index contributed by atoms with van der Waals surface area (Å²) in [6, 6.07) is 7.85. The molecule has 94 valence electrons. The Morgan fingerprint density at radius 3 is 3.00 bits per heavy atom. The monoisotopic (exact) mass is 236 g/mol. The number of aliphatic hydroxyl groups excluding tert-OH is 1. The van der Waals surface area contributed by atoms with E-state index in [1.165, 1.54) is 0 Å². The number of ether oxygens (including phenoxy) is 2. The van der Waals surface area contributed by atoms with Gasteiger partial charge in [0.25, 0.3) is 0 Å². The van der Waals surface area contributed by atoms with Gasteiger partial charge in [-0.1, -0.05) is 18.2 Å². The van der Waals surface area contributed by atoms with Gasteiger partial charge in [0, 0.05) is 18.9 Å². The van der Waals surface area contributed by atoms with E-state index >= 15 is 0 Å². The van der Waals surface area contributed by atoms with Crippen LogP contribution in [0.1, 0.15) is 18.4 Å². The van der Waals surface area contributed by atoms with Gasteiger partial charge in [-0.25, -0.2) is 0 Å². The first-order valence-electron chi connectivity index (χ1n) is 6.19. The molecule has 1 aromatic rings. The third-order valence-electron chi connectivity index (χ3n) is 3.36. The van der Waals surface area contributed by atoms with E-state index in [4.69, 9.17) is 9.47 Å². The van der Waals surface area contributed by atoms with Crippen LogP contribution in [0.25, 0.3) is 0 Å². The van der Waals surface area contributed by atoms with Gasteiger partial charge in [0.2, 0.25) is 0 Å². The molecule has 3 heteroatoms. The Morgan fingerprint density at radius 2 is 2.29 bits per heavy atom. The van der Waals surface area contributed by atoms with Crippen molar-refractivity contribution in [3.8, 4) is 5.75 Å². The van der Waals surface area contributed by atoms with Gasteiger partial charge in [-0.3, -0.25) is 0 Å². The number of hydrogen-bond acceptors (Lipinski definition) is 3. The van der Waals surface area contributed by atoms with Crippen LogP contribution in [0.4, 0.5) is 0 Å². The molecule has 1 heterocycles. The maximum atomic E-state index is 10.2. The van der Waals surface area contributed by atoms with Gasteiger partial charge in [0.15, 0.2) is 0 Å². The summed E-state index contributed by atoms with van der Waals surface area (Å²) in [5, 5.41) is 10.2. The summed E-state index contributed by atoms with van der Waals surface area (Å²) in [4.78, 5) is 0. The number of benzene rings is 1. The molecule has 1 saturated heterocycles. The van der Waals surface area contributed by atoms with Crippen molar-refractivity contribution in [3.05, 3.63) is 29.8 Å². The SMILES string of the molecule is COc1ccccc1CC(O)C1CCCOC1. The van der Waals surface area contributed by atoms with Gasteiger partial charge in [-0.2, -0.15) is 0 Å². The topological polar surface area (TPSA) is 38.7 Å². The van der Waals surface area contributed by atoms with Crippen LogP contribution in [-0.4, -0.2) is 31.5 Å². The molecular weight excluding hydrogens is 216 g/mol. The molecule has 0 spiro atoms. The zero-order valence-corrected chi connectivity index (χ0v) is 10.3. The van der Waals surface area contributed by atoms with Crippen LogP contribution in [0.2, 0.25) is 0 Å². The molecule has 3 nitrogen and oxygen atoms in total. The minimum Gasteiger partial charge on any atom is -0.496 e. The molecular formula is C14H20O3. The molecule has 2 atom stereocenters. The van der Waals surface area contributed by atoms with Crippen molar-refractivity contribution in [2.24, 2.45) is 5.92 Å². The molecule has 17 heavy (non-hydrogen) atoms. The minimum atomic E-state index is -0.341. The molecule has 2 unspecified atom stereocenters. The molecule has 1 aromatic carbocycles. The Morgan fingerprint density at radius 1 is 1.47 bits per heavy atom. The lowest BCUT2D eigenvalue weighted by molar-refractivity contribution is -0.00863. The van der Waals surface area contributed by atoms with Crippen molar-refractivity contribution in [1.82, 2.24) is 0 Å². The number of rotatable bonds is 4. The Balaban J connectivity index is 1.99. The molecule has 2 rings (SSSR count). The van der Waals surface area contributed by atoms with Gasteiger partial charge < -0.3 is 14.6 Å². The van der Waals surface area contributed by atoms with Crippen LogP contribution < -0.4 is 4.74 Å². The normalized spacial score (nSPS) is 22.1. The predicted molar refractivity (Wildman–Crippen MR) is 66.2 cm³/mol. The van der Waals surface area contributed by atoms with E-state index in [2.05, 4.69) is 0 Å². The number of hydrogen-bond donors (Lipinski definition) is 1. The van der Waals surface area contributed by atoms with Crippen molar-refractivity contribution in [3.63, 3.8) is 0 Å². The Labute approximate surface area is 102 Å². The van der Waals surface area contributed by atoms with Gasteiger partial charge in [-0.15, -0.1) is 0 Å². The molecule has 1 fully saturated rings. The molecule has 0 amide bonds. The lowest BCUT2D eigenvalue weighted by Gasteiger charge is -2.27. The average molecular weight is 236 g/mol. The summed E-state index contributed by atoms with van der Waals surface area (Å²) >= 11 is 0. The molecule has 0 aromatic heterocycles. The summed E-state index contributed by atoms with van der Waals surface area (Å²) in [6.45, 7) is 1.51. The standard InChI is InChI=1S/C14H20O3/c1-16-14-7-3-2-5-11(14)9-13(15)12-6-4-8-17-10-12/h2-3,5,7,12-13,15H,4,6,8-10H2,1H3. The largest absolute Gasteiger partial charge is 0.496 e. The third kappa shape index (κ3) is 3.20. The van der Waals surface area contributed by atoms with Crippen molar-refractivity contribution in [2.75, 3.05) is 20.3 Å². The van der Waals surface area contributed by atoms with Crippen LogP contribution in [0, 0.1) is 5.92 Å². The second kappa shape index (κ2) is 6.03. The van der Waals surface area contributed by atoms with Crippen LogP contribution in [-0.2, 0) is 11.2 Å². The lowest BCUT2D eigenvalue weighted by Crippen LogP contribution is -2.30. The fourth-order valence-corrected chi connectivity index (χ4v) is 2.33. The van der Waals surface area contributed by atoms with E-state index in [0.717, 1.165) is 30.8 Å². The van der Waals surface area contributed by atoms with Crippen LogP contribution in [0.3, 0.4) is 0 Å². The van der Waals surface area contributed by atoms with Crippen molar-refractivity contribution < 1.29 is 14.6 Å². The molecule has 1 aliphatic heterocycles. The minimum absolute atomic E-state index is 0.258. The first-order valence-corrected chi connectivity index (χ1v) is 6.19. The summed E-state index contributed by atoms with van der Waals surface area (Å²) in [5.41, 5.74) is 1.06. The first kappa shape index (κ1) is 12.4. The highest BCUT2D eigenvalue weighted by Crippen LogP contribution is 2.24. The lowest BCUT2D eigenvalue weighted by atomic mass is 9.91. The molecule has 0 radical (unpaired) electrons. The maximum absolute atomic E-state index is 10.2. The summed E-state index contributed by atoms with van der Waals surface area (Å²) in [6.07, 6.45) is 2.40. The Hall–Kier alpha value is -1.06. The second-order valence-corrected chi connectivity index (χ2v) is 4.56. The van der Waals surface area contributed by atoms with Crippen LogP contribution in [0.15, 0.2) is 24.3 Å². The highest BCUT2D eigenvalue weighted by atomic mass is 16.5. The van der Waals surface area contributed by atoms with E-state index in [9.17, 15) is 5.11 Å². The first-order chi connectivity index (χ1) is 8.31. The average Bonchev–Trinajstić information content (AvgIpc) is 2.40. The molecule has 0 aliphatic carbocycles. The van der Waals surface area contributed by atoms with Gasteiger partial charge in [0.05, 0.1) is 19.8 Å². The fourth-order valence-electron chi connectivity index (χ4n) is 2.33. The molecule has 1 aliphatic rings.